The Kier molecular flexibility index (Phi) is 4.62. The van der Waals surface area contributed by atoms with Crippen LogP contribution in [-0.2, 0) is 10.0 Å². The molecule has 0 aliphatic carbocycles. The van der Waals surface area contributed by atoms with Crippen LogP contribution in [0, 0.1) is 0 Å². The van der Waals surface area contributed by atoms with Gasteiger partial charge in [-0.05, 0) is 30.3 Å². The van der Waals surface area contributed by atoms with E-state index >= 15 is 0 Å². The van der Waals surface area contributed by atoms with Crippen LogP contribution in [0.25, 0.3) is 0 Å². The minimum Gasteiger partial charge on any atom is -0.507 e. The Morgan fingerprint density at radius 2 is 1.61 bits per heavy atom. The smallest absolute Gasteiger partial charge is 0.339 e. The largest absolute Gasteiger partial charge is 0.507 e. The van der Waals surface area contributed by atoms with E-state index in [4.69, 9.17) is 5.11 Å². The molecule has 2 aromatic rings. The Morgan fingerprint density at radius 1 is 1.04 bits per heavy atom. The molecule has 4 N–H and O–H groups in total. The predicted molar refractivity (Wildman–Crippen MR) is 93.1 cm³/mol. The minimum absolute atomic E-state index is 0.127. The highest BCUT2D eigenvalue weighted by molar-refractivity contribution is 9.10. The summed E-state index contributed by atoms with van der Waals surface area (Å²) in [4.78, 5) is 7.40. The molecule has 0 aromatic heterocycles. The SMILES string of the molecule is O=C(O)c1cc(S(F)(F)(F)(F)F)cc(NS(=O)(=O)c2cc(Br)ccc2O)c1O. The van der Waals surface area contributed by atoms with Gasteiger partial charge in [0.15, 0.2) is 5.75 Å². The highest BCUT2D eigenvalue weighted by atomic mass is 79.9. The molecule has 0 atom stereocenters. The molecule has 0 aliphatic rings. The number of anilines is 1. The van der Waals surface area contributed by atoms with E-state index in [2.05, 4.69) is 15.9 Å². The molecule has 2 rings (SSSR count). The first-order valence-electron chi connectivity index (χ1n) is 6.67. The third-order valence-electron chi connectivity index (χ3n) is 3.21. The standard InChI is InChI=1S/C13H9BrF5NO6S2/c14-6-1-2-10(21)11(3-6)27(25,26)20-9-5-7(28(15,16,17,18)19)4-8(12(9)22)13(23)24/h1-5,20-22H,(H,23,24). The molecular formula is C13H9BrF5NO6S2. The molecule has 0 saturated heterocycles. The van der Waals surface area contributed by atoms with Crippen LogP contribution in [0.5, 0.6) is 11.5 Å². The second kappa shape index (κ2) is 5.87. The monoisotopic (exact) mass is 513 g/mol. The lowest BCUT2D eigenvalue weighted by molar-refractivity contribution is 0.0693. The van der Waals surface area contributed by atoms with E-state index in [1.54, 1.807) is 0 Å². The van der Waals surface area contributed by atoms with Crippen molar-refractivity contribution in [1.82, 2.24) is 0 Å². The first kappa shape index (κ1) is 22.0. The van der Waals surface area contributed by atoms with Crippen LogP contribution >= 0.6 is 26.2 Å². The van der Waals surface area contributed by atoms with Crippen molar-refractivity contribution >= 4 is 47.8 Å². The lowest BCUT2D eigenvalue weighted by Gasteiger charge is -2.40. The number of phenols is 2. The summed E-state index contributed by atoms with van der Waals surface area (Å²) in [5.74, 6) is -4.60. The molecular weight excluding hydrogens is 505 g/mol. The van der Waals surface area contributed by atoms with Crippen LogP contribution in [-0.4, -0.2) is 29.7 Å². The topological polar surface area (TPSA) is 124 Å². The van der Waals surface area contributed by atoms with Crippen LogP contribution in [0.15, 0.2) is 44.6 Å². The minimum atomic E-state index is -10.4. The molecule has 156 valence electrons. The van der Waals surface area contributed by atoms with Crippen molar-refractivity contribution in [3.05, 3.63) is 40.4 Å². The van der Waals surface area contributed by atoms with E-state index in [-0.39, 0.29) is 4.47 Å². The van der Waals surface area contributed by atoms with Gasteiger partial charge in [-0.2, -0.15) is 0 Å². The number of sulfonamides is 1. The van der Waals surface area contributed by atoms with Gasteiger partial charge in [0, 0.05) is 4.47 Å². The fourth-order valence-corrected chi connectivity index (χ4v) is 4.35. The van der Waals surface area contributed by atoms with Crippen LogP contribution < -0.4 is 4.72 Å². The molecule has 0 heterocycles. The number of aromatic carboxylic acids is 1. The number of hydrogen-bond acceptors (Lipinski definition) is 5. The number of aromatic hydroxyl groups is 2. The number of halogens is 6. The van der Waals surface area contributed by atoms with Gasteiger partial charge in [-0.1, -0.05) is 35.4 Å². The molecule has 0 fully saturated rings. The lowest BCUT2D eigenvalue weighted by Crippen LogP contribution is -2.16. The van der Waals surface area contributed by atoms with E-state index in [9.17, 15) is 42.9 Å². The Labute approximate surface area is 162 Å². The summed E-state index contributed by atoms with van der Waals surface area (Å²) in [6, 6.07) is 2.03. The van der Waals surface area contributed by atoms with Crippen molar-refractivity contribution in [1.29, 1.82) is 0 Å². The van der Waals surface area contributed by atoms with Crippen molar-refractivity contribution in [2.45, 2.75) is 9.79 Å². The third kappa shape index (κ3) is 4.59. The molecule has 28 heavy (non-hydrogen) atoms. The molecule has 0 unspecified atom stereocenters. The summed E-state index contributed by atoms with van der Waals surface area (Å²) in [6.45, 7) is 0. The summed E-state index contributed by atoms with van der Waals surface area (Å²) in [5, 5.41) is 28.3. The molecule has 15 heteroatoms. The van der Waals surface area contributed by atoms with Crippen molar-refractivity contribution < 1.29 is 48.0 Å². The van der Waals surface area contributed by atoms with Gasteiger partial charge in [-0.25, -0.2) is 13.2 Å². The van der Waals surface area contributed by atoms with Crippen molar-refractivity contribution in [2.24, 2.45) is 0 Å². The maximum absolute atomic E-state index is 13.1. The fourth-order valence-electron chi connectivity index (χ4n) is 1.97. The van der Waals surface area contributed by atoms with Crippen LogP contribution in [0.2, 0.25) is 0 Å². The number of nitrogens with one attached hydrogen (secondary N) is 1. The average Bonchev–Trinajstić information content (AvgIpc) is 2.48. The summed E-state index contributed by atoms with van der Waals surface area (Å²) in [7, 11) is -15.3. The number of carboxylic acids is 1. The molecule has 0 radical (unpaired) electrons. The summed E-state index contributed by atoms with van der Waals surface area (Å²) >= 11 is 2.90. The van der Waals surface area contributed by atoms with Gasteiger partial charge in [0.2, 0.25) is 0 Å². The van der Waals surface area contributed by atoms with Gasteiger partial charge in [-0.15, -0.1) is 0 Å². The first-order valence-corrected chi connectivity index (χ1v) is 10.9. The highest BCUT2D eigenvalue weighted by Gasteiger charge is 2.66. The van der Waals surface area contributed by atoms with Crippen LogP contribution in [0.1, 0.15) is 10.4 Å². The third-order valence-corrected chi connectivity index (χ3v) is 6.23. The van der Waals surface area contributed by atoms with Gasteiger partial charge >= 0.3 is 16.2 Å². The summed E-state index contributed by atoms with van der Waals surface area (Å²) in [6.07, 6.45) is 0. The van der Waals surface area contributed by atoms with Gasteiger partial charge in [-0.3, -0.25) is 4.72 Å². The van der Waals surface area contributed by atoms with Gasteiger partial charge in [0.25, 0.3) is 10.0 Å². The van der Waals surface area contributed by atoms with Gasteiger partial charge in [0.1, 0.15) is 21.1 Å². The Bertz CT molecular complexity index is 1110. The fraction of sp³-hybridized carbons (Fsp3) is 0. The number of benzene rings is 2. The molecule has 7 nitrogen and oxygen atoms in total. The normalized spacial score (nSPS) is 14.8. The van der Waals surface area contributed by atoms with Crippen LogP contribution in [0.4, 0.5) is 25.1 Å². The summed E-state index contributed by atoms with van der Waals surface area (Å²) < 4.78 is 91.5. The van der Waals surface area contributed by atoms with Gasteiger partial charge < -0.3 is 15.3 Å². The van der Waals surface area contributed by atoms with E-state index < -0.39 is 70.9 Å². The Morgan fingerprint density at radius 3 is 2.11 bits per heavy atom. The Balaban J connectivity index is 2.74. The number of hydrogen-bond donors (Lipinski definition) is 4. The second-order valence-corrected chi connectivity index (χ2v) is 10.3. The first-order chi connectivity index (χ1) is 12.3. The van der Waals surface area contributed by atoms with Gasteiger partial charge in [0.05, 0.1) is 5.69 Å². The molecule has 0 bridgehead atoms. The van der Waals surface area contributed by atoms with Crippen molar-refractivity contribution in [3.63, 3.8) is 0 Å². The number of carboxylic acid groups (broad SMARTS) is 1. The van der Waals surface area contributed by atoms with E-state index in [1.807, 2.05) is 0 Å². The van der Waals surface area contributed by atoms with E-state index in [1.165, 1.54) is 10.8 Å². The number of rotatable bonds is 5. The molecule has 2 aromatic carbocycles. The molecule has 0 amide bonds. The van der Waals surface area contributed by atoms with Crippen molar-refractivity contribution in [3.8, 4) is 11.5 Å². The zero-order valence-corrected chi connectivity index (χ0v) is 16.3. The molecule has 0 spiro atoms. The van der Waals surface area contributed by atoms with Crippen molar-refractivity contribution in [2.75, 3.05) is 4.72 Å². The number of carbonyl (C=O) groups is 1. The molecule has 0 saturated carbocycles. The highest BCUT2D eigenvalue weighted by Crippen LogP contribution is 3.02. The molecule has 0 aliphatic heterocycles. The van der Waals surface area contributed by atoms with E-state index in [0.29, 0.717) is 0 Å². The van der Waals surface area contributed by atoms with Crippen LogP contribution in [0.3, 0.4) is 0 Å². The number of phenolic OH excluding ortho intramolecular Hbond substituents is 1. The average molecular weight is 514 g/mol. The van der Waals surface area contributed by atoms with E-state index in [0.717, 1.165) is 12.1 Å². The zero-order chi connectivity index (χ0) is 21.8. The lowest BCUT2D eigenvalue weighted by atomic mass is 10.2. The zero-order valence-electron chi connectivity index (χ0n) is 13.0. The Hall–Kier alpha value is -2.26. The predicted octanol–water partition coefficient (Wildman–Crippen LogP) is 5.02. The maximum atomic E-state index is 13.1. The second-order valence-electron chi connectivity index (χ2n) is 5.36. The maximum Gasteiger partial charge on any atom is 0.339 e. The summed E-state index contributed by atoms with van der Waals surface area (Å²) in [5.41, 5.74) is -3.08. The quantitative estimate of drug-likeness (QED) is 0.329.